The molecule has 1 aromatic carbocycles. The average Bonchev–Trinajstić information content (AvgIpc) is 2.67. The molecule has 2 aliphatic rings. The van der Waals surface area contributed by atoms with Gasteiger partial charge in [-0.3, -0.25) is 9.69 Å². The lowest BCUT2D eigenvalue weighted by Gasteiger charge is -2.43. The minimum Gasteiger partial charge on any atom is -0.383 e. The lowest BCUT2D eigenvalue weighted by atomic mass is 9.83. The molecule has 0 aliphatic carbocycles. The highest BCUT2D eigenvalue weighted by Crippen LogP contribution is 2.30. The van der Waals surface area contributed by atoms with Gasteiger partial charge in [0.15, 0.2) is 0 Å². The van der Waals surface area contributed by atoms with Crippen LogP contribution in [0, 0.1) is 5.92 Å². The Balaban J connectivity index is 1.49. The van der Waals surface area contributed by atoms with Gasteiger partial charge in [-0.1, -0.05) is 36.8 Å². The first-order valence-corrected chi connectivity index (χ1v) is 9.82. The third kappa shape index (κ3) is 5.05. The van der Waals surface area contributed by atoms with E-state index in [4.69, 9.17) is 4.74 Å². The second kappa shape index (κ2) is 9.35. The summed E-state index contributed by atoms with van der Waals surface area (Å²) >= 11 is 0. The highest BCUT2D eigenvalue weighted by atomic mass is 16.5. The molecule has 0 unspecified atom stereocenters. The first-order valence-electron chi connectivity index (χ1n) is 9.82. The molecule has 25 heavy (non-hydrogen) atoms. The number of hydrogen-bond acceptors (Lipinski definition) is 3. The van der Waals surface area contributed by atoms with Gasteiger partial charge >= 0.3 is 0 Å². The number of likely N-dealkylation sites (tertiary alicyclic amines) is 2. The summed E-state index contributed by atoms with van der Waals surface area (Å²) in [4.78, 5) is 17.3. The maximum absolute atomic E-state index is 12.6. The van der Waals surface area contributed by atoms with Gasteiger partial charge in [-0.05, 0) is 43.7 Å². The molecule has 0 spiro atoms. The van der Waals surface area contributed by atoms with Gasteiger partial charge in [0.1, 0.15) is 0 Å². The van der Waals surface area contributed by atoms with E-state index >= 15 is 0 Å². The molecular weight excluding hydrogens is 312 g/mol. The molecule has 1 amide bonds. The van der Waals surface area contributed by atoms with E-state index in [2.05, 4.69) is 9.80 Å². The quantitative estimate of drug-likeness (QED) is 0.795. The maximum Gasteiger partial charge on any atom is 0.226 e. The van der Waals surface area contributed by atoms with Crippen molar-refractivity contribution < 1.29 is 9.53 Å². The smallest absolute Gasteiger partial charge is 0.226 e. The van der Waals surface area contributed by atoms with Crippen LogP contribution in [0.1, 0.15) is 37.7 Å². The number of carbonyl (C=O) groups is 1. The Labute approximate surface area is 152 Å². The summed E-state index contributed by atoms with van der Waals surface area (Å²) < 4.78 is 5.29. The lowest BCUT2D eigenvalue weighted by Crippen LogP contribution is -2.49. The minimum atomic E-state index is 0.282. The van der Waals surface area contributed by atoms with E-state index in [1.807, 2.05) is 30.3 Å². The van der Waals surface area contributed by atoms with E-state index < -0.39 is 0 Å². The monoisotopic (exact) mass is 344 g/mol. The molecule has 1 atom stereocenters. The van der Waals surface area contributed by atoms with E-state index in [1.165, 1.54) is 25.8 Å². The van der Waals surface area contributed by atoms with Crippen LogP contribution in [0.4, 0.5) is 0 Å². The summed E-state index contributed by atoms with van der Waals surface area (Å²) in [5, 5.41) is 0. The predicted molar refractivity (Wildman–Crippen MR) is 101 cm³/mol. The molecule has 2 fully saturated rings. The number of amides is 1. The molecule has 4 nitrogen and oxygen atoms in total. The van der Waals surface area contributed by atoms with Gasteiger partial charge in [-0.25, -0.2) is 0 Å². The van der Waals surface area contributed by atoms with E-state index in [0.29, 0.717) is 12.5 Å². The maximum atomic E-state index is 12.6. The van der Waals surface area contributed by atoms with Crippen LogP contribution in [0.5, 0.6) is 0 Å². The molecule has 0 radical (unpaired) electrons. The topological polar surface area (TPSA) is 32.8 Å². The Morgan fingerprint density at radius 3 is 2.56 bits per heavy atom. The number of piperidine rings is 2. The van der Waals surface area contributed by atoms with Crippen LogP contribution < -0.4 is 0 Å². The molecule has 4 heteroatoms. The van der Waals surface area contributed by atoms with Crippen LogP contribution in [0.3, 0.4) is 0 Å². The highest BCUT2D eigenvalue weighted by molar-refractivity contribution is 5.78. The second-order valence-electron chi connectivity index (χ2n) is 7.47. The largest absolute Gasteiger partial charge is 0.383 e. The van der Waals surface area contributed by atoms with E-state index in [9.17, 15) is 4.79 Å². The number of carbonyl (C=O) groups excluding carboxylic acids is 1. The number of rotatable bonds is 6. The fourth-order valence-corrected chi connectivity index (χ4v) is 4.45. The van der Waals surface area contributed by atoms with Crippen molar-refractivity contribution in [3.63, 3.8) is 0 Å². The first kappa shape index (κ1) is 18.4. The Bertz CT molecular complexity index is 526. The lowest BCUT2D eigenvalue weighted by molar-refractivity contribution is -0.132. The minimum absolute atomic E-state index is 0.282. The third-order valence-electron chi connectivity index (χ3n) is 5.88. The average molecular weight is 344 g/mol. The summed E-state index contributed by atoms with van der Waals surface area (Å²) in [7, 11) is 1.79. The summed E-state index contributed by atoms with van der Waals surface area (Å²) in [5.41, 5.74) is 1.12. The predicted octanol–water partition coefficient (Wildman–Crippen LogP) is 2.97. The summed E-state index contributed by atoms with van der Waals surface area (Å²) in [6, 6.07) is 10.8. The number of nitrogens with zero attached hydrogens (tertiary/aromatic N) is 2. The SMILES string of the molecule is COCCN1CCCC[C@@H]1C1CCN(C(=O)Cc2ccccc2)CC1. The Kier molecular flexibility index (Phi) is 6.88. The van der Waals surface area contributed by atoms with Gasteiger partial charge < -0.3 is 9.64 Å². The van der Waals surface area contributed by atoms with Crippen LogP contribution in [-0.2, 0) is 16.0 Å². The number of hydrogen-bond donors (Lipinski definition) is 0. The molecule has 0 N–H and O–H groups in total. The van der Waals surface area contributed by atoms with Gasteiger partial charge in [0.05, 0.1) is 13.0 Å². The second-order valence-corrected chi connectivity index (χ2v) is 7.47. The van der Waals surface area contributed by atoms with Crippen LogP contribution in [-0.4, -0.2) is 61.6 Å². The van der Waals surface area contributed by atoms with Crippen molar-refractivity contribution in [3.05, 3.63) is 35.9 Å². The fourth-order valence-electron chi connectivity index (χ4n) is 4.45. The zero-order chi connectivity index (χ0) is 17.5. The summed E-state index contributed by atoms with van der Waals surface area (Å²) in [5.74, 6) is 1.02. The van der Waals surface area contributed by atoms with E-state index in [-0.39, 0.29) is 5.91 Å². The molecule has 2 aliphatic heterocycles. The van der Waals surface area contributed by atoms with Crippen molar-refractivity contribution in [2.75, 3.05) is 39.9 Å². The summed E-state index contributed by atoms with van der Waals surface area (Å²) in [6.07, 6.45) is 6.81. The molecule has 0 saturated carbocycles. The number of ether oxygens (including phenoxy) is 1. The zero-order valence-corrected chi connectivity index (χ0v) is 15.5. The van der Waals surface area contributed by atoms with Crippen LogP contribution >= 0.6 is 0 Å². The van der Waals surface area contributed by atoms with Gasteiger partial charge in [0.2, 0.25) is 5.91 Å². The van der Waals surface area contributed by atoms with Crippen molar-refractivity contribution >= 4 is 5.91 Å². The van der Waals surface area contributed by atoms with Crippen LogP contribution in [0.15, 0.2) is 30.3 Å². The van der Waals surface area contributed by atoms with Crippen molar-refractivity contribution in [2.24, 2.45) is 5.92 Å². The van der Waals surface area contributed by atoms with Gasteiger partial charge in [0, 0.05) is 32.8 Å². The van der Waals surface area contributed by atoms with Gasteiger partial charge in [0.25, 0.3) is 0 Å². The van der Waals surface area contributed by atoms with E-state index in [0.717, 1.165) is 50.6 Å². The van der Waals surface area contributed by atoms with Crippen LogP contribution in [0.25, 0.3) is 0 Å². The van der Waals surface area contributed by atoms with Gasteiger partial charge in [-0.2, -0.15) is 0 Å². The molecule has 138 valence electrons. The Morgan fingerprint density at radius 1 is 1.08 bits per heavy atom. The van der Waals surface area contributed by atoms with Crippen molar-refractivity contribution in [3.8, 4) is 0 Å². The number of methoxy groups -OCH3 is 1. The van der Waals surface area contributed by atoms with E-state index in [1.54, 1.807) is 7.11 Å². The van der Waals surface area contributed by atoms with Crippen molar-refractivity contribution in [1.29, 1.82) is 0 Å². The molecular formula is C21H32N2O2. The molecule has 2 heterocycles. The van der Waals surface area contributed by atoms with Crippen molar-refractivity contribution in [1.82, 2.24) is 9.80 Å². The molecule has 0 bridgehead atoms. The normalized spacial score (nSPS) is 22.9. The summed E-state index contributed by atoms with van der Waals surface area (Å²) in [6.45, 7) is 4.93. The Hall–Kier alpha value is -1.39. The zero-order valence-electron chi connectivity index (χ0n) is 15.5. The van der Waals surface area contributed by atoms with Crippen LogP contribution in [0.2, 0.25) is 0 Å². The standard InChI is InChI=1S/C21H32N2O2/c1-25-16-15-22-12-6-5-9-20(22)19-10-13-23(14-11-19)21(24)17-18-7-3-2-4-8-18/h2-4,7-8,19-20H,5-6,9-17H2,1H3/t20-/m1/s1. The molecule has 1 aromatic rings. The highest BCUT2D eigenvalue weighted by Gasteiger charge is 2.33. The third-order valence-corrected chi connectivity index (χ3v) is 5.88. The fraction of sp³-hybridized carbons (Fsp3) is 0.667. The molecule has 0 aromatic heterocycles. The molecule has 2 saturated heterocycles. The number of benzene rings is 1. The van der Waals surface area contributed by atoms with Crippen molar-refractivity contribution in [2.45, 2.75) is 44.6 Å². The Morgan fingerprint density at radius 2 is 1.84 bits per heavy atom. The first-order chi connectivity index (χ1) is 12.3. The molecule has 3 rings (SSSR count). The van der Waals surface area contributed by atoms with Gasteiger partial charge in [-0.15, -0.1) is 0 Å².